The second-order valence-electron chi connectivity index (χ2n) is 4.38. The number of pyridine rings is 1. The summed E-state index contributed by atoms with van der Waals surface area (Å²) in [5, 5.41) is 9.33. The summed E-state index contributed by atoms with van der Waals surface area (Å²) in [6, 6.07) is 2.56. The van der Waals surface area contributed by atoms with E-state index in [2.05, 4.69) is 4.98 Å². The van der Waals surface area contributed by atoms with Gasteiger partial charge in [0.25, 0.3) is 0 Å². The van der Waals surface area contributed by atoms with Crippen LogP contribution in [0.15, 0.2) is 23.2 Å². The first-order chi connectivity index (χ1) is 8.95. The minimum atomic E-state index is -3.65. The highest BCUT2D eigenvalue weighted by Gasteiger charge is 2.35. The van der Waals surface area contributed by atoms with Crippen LogP contribution in [0.1, 0.15) is 6.92 Å². The highest BCUT2D eigenvalue weighted by atomic mass is 35.5. The molecule has 0 aliphatic carbocycles. The summed E-state index contributed by atoms with van der Waals surface area (Å²) in [6.07, 6.45) is 0.736. The van der Waals surface area contributed by atoms with Crippen LogP contribution in [-0.2, 0) is 14.8 Å². The van der Waals surface area contributed by atoms with Crippen molar-refractivity contribution in [1.82, 2.24) is 9.29 Å². The third-order valence-corrected chi connectivity index (χ3v) is 5.15. The Morgan fingerprint density at radius 3 is 2.89 bits per heavy atom. The van der Waals surface area contributed by atoms with Gasteiger partial charge in [0.05, 0.1) is 19.3 Å². The second kappa shape index (κ2) is 5.72. The summed E-state index contributed by atoms with van der Waals surface area (Å²) >= 11 is 5.65. The molecule has 1 saturated heterocycles. The van der Waals surface area contributed by atoms with E-state index >= 15 is 0 Å². The Morgan fingerprint density at radius 2 is 2.32 bits per heavy atom. The number of rotatable bonds is 3. The number of aliphatic hydroxyl groups is 1. The molecular weight excluding hydrogens is 292 g/mol. The van der Waals surface area contributed by atoms with E-state index in [1.807, 2.05) is 0 Å². The highest BCUT2D eigenvalue weighted by Crippen LogP contribution is 2.22. The maximum atomic E-state index is 12.5. The predicted octanol–water partition coefficient (Wildman–Crippen LogP) is 0.505. The van der Waals surface area contributed by atoms with E-state index in [9.17, 15) is 8.42 Å². The standard InChI is InChI=1S/C11H15ClN2O4S/c1-8-7-18-9(6-15)5-14(8)19(16,17)10-2-3-11(12)13-4-10/h2-4,8-9,15H,5-7H2,1H3. The molecule has 1 N–H and O–H groups in total. The van der Waals surface area contributed by atoms with E-state index in [1.165, 1.54) is 22.6 Å². The molecule has 1 aliphatic rings. The lowest BCUT2D eigenvalue weighted by Crippen LogP contribution is -2.51. The van der Waals surface area contributed by atoms with Crippen molar-refractivity contribution in [3.05, 3.63) is 23.5 Å². The summed E-state index contributed by atoms with van der Waals surface area (Å²) in [7, 11) is -3.65. The zero-order valence-corrected chi connectivity index (χ0v) is 11.9. The molecule has 2 unspecified atom stereocenters. The molecule has 0 aromatic carbocycles. The van der Waals surface area contributed by atoms with Crippen LogP contribution in [0.25, 0.3) is 0 Å². The van der Waals surface area contributed by atoms with Crippen molar-refractivity contribution >= 4 is 21.6 Å². The molecule has 2 atom stereocenters. The van der Waals surface area contributed by atoms with Crippen molar-refractivity contribution in [1.29, 1.82) is 0 Å². The number of sulfonamides is 1. The van der Waals surface area contributed by atoms with Gasteiger partial charge in [-0.3, -0.25) is 0 Å². The van der Waals surface area contributed by atoms with Gasteiger partial charge in [-0.25, -0.2) is 13.4 Å². The van der Waals surface area contributed by atoms with Crippen LogP contribution >= 0.6 is 11.6 Å². The van der Waals surface area contributed by atoms with Crippen LogP contribution < -0.4 is 0 Å². The average Bonchev–Trinajstić information content (AvgIpc) is 2.39. The Labute approximate surface area is 117 Å². The molecule has 1 aliphatic heterocycles. The maximum absolute atomic E-state index is 12.5. The third-order valence-electron chi connectivity index (χ3n) is 2.96. The topological polar surface area (TPSA) is 79.7 Å². The van der Waals surface area contributed by atoms with E-state index in [4.69, 9.17) is 21.4 Å². The molecule has 6 nitrogen and oxygen atoms in total. The fraction of sp³-hybridized carbons (Fsp3) is 0.545. The molecule has 0 radical (unpaired) electrons. The minimum absolute atomic E-state index is 0.0855. The van der Waals surface area contributed by atoms with Crippen LogP contribution in [0.5, 0.6) is 0 Å². The fourth-order valence-electron chi connectivity index (χ4n) is 1.89. The quantitative estimate of drug-likeness (QED) is 0.823. The van der Waals surface area contributed by atoms with Crippen molar-refractivity contribution < 1.29 is 18.3 Å². The maximum Gasteiger partial charge on any atom is 0.245 e. The Kier molecular flexibility index (Phi) is 4.42. The summed E-state index contributed by atoms with van der Waals surface area (Å²) < 4.78 is 31.6. The van der Waals surface area contributed by atoms with Gasteiger partial charge in [-0.15, -0.1) is 0 Å². The normalized spacial score (nSPS) is 25.4. The second-order valence-corrected chi connectivity index (χ2v) is 6.66. The number of hydrogen-bond donors (Lipinski definition) is 1. The zero-order valence-electron chi connectivity index (χ0n) is 10.4. The first kappa shape index (κ1) is 14.7. The van der Waals surface area contributed by atoms with Gasteiger partial charge in [-0.2, -0.15) is 4.31 Å². The fourth-order valence-corrected chi connectivity index (χ4v) is 3.59. The SMILES string of the molecule is CC1COC(CO)CN1S(=O)(=O)c1ccc(Cl)nc1. The van der Waals surface area contributed by atoms with Crippen LogP contribution in [0.3, 0.4) is 0 Å². The Bertz CT molecular complexity index is 534. The van der Waals surface area contributed by atoms with Gasteiger partial charge in [-0.05, 0) is 19.1 Å². The number of aliphatic hydroxyl groups excluding tert-OH is 1. The van der Waals surface area contributed by atoms with Crippen LogP contribution in [-0.4, -0.2) is 54.7 Å². The van der Waals surface area contributed by atoms with Crippen molar-refractivity contribution in [2.45, 2.75) is 24.0 Å². The molecular formula is C11H15ClN2O4S. The van der Waals surface area contributed by atoms with Gasteiger partial charge in [0, 0.05) is 18.8 Å². The molecule has 0 spiro atoms. The number of halogens is 1. The molecule has 2 heterocycles. The number of aromatic nitrogens is 1. The van der Waals surface area contributed by atoms with Gasteiger partial charge >= 0.3 is 0 Å². The van der Waals surface area contributed by atoms with E-state index in [1.54, 1.807) is 6.92 Å². The van der Waals surface area contributed by atoms with Crippen LogP contribution in [0, 0.1) is 0 Å². The Hall–Kier alpha value is -0.730. The molecule has 1 aromatic rings. The lowest BCUT2D eigenvalue weighted by molar-refractivity contribution is -0.0516. The lowest BCUT2D eigenvalue weighted by atomic mass is 10.2. The van der Waals surface area contributed by atoms with Crippen molar-refractivity contribution in [3.63, 3.8) is 0 Å². The lowest BCUT2D eigenvalue weighted by Gasteiger charge is -2.36. The number of nitrogens with zero attached hydrogens (tertiary/aromatic N) is 2. The Balaban J connectivity index is 2.29. The van der Waals surface area contributed by atoms with E-state index in [0.717, 1.165) is 0 Å². The number of ether oxygens (including phenoxy) is 1. The number of morpholine rings is 1. The number of hydrogen-bond acceptors (Lipinski definition) is 5. The van der Waals surface area contributed by atoms with E-state index in [-0.39, 0.29) is 35.8 Å². The van der Waals surface area contributed by atoms with Crippen molar-refractivity contribution in [2.24, 2.45) is 0 Å². The summed E-state index contributed by atoms with van der Waals surface area (Å²) in [4.78, 5) is 3.87. The van der Waals surface area contributed by atoms with E-state index < -0.39 is 16.1 Å². The zero-order chi connectivity index (χ0) is 14.0. The van der Waals surface area contributed by atoms with Crippen molar-refractivity contribution in [3.8, 4) is 0 Å². The molecule has 0 bridgehead atoms. The largest absolute Gasteiger partial charge is 0.394 e. The first-order valence-electron chi connectivity index (χ1n) is 5.81. The molecule has 2 rings (SSSR count). The van der Waals surface area contributed by atoms with Gasteiger partial charge < -0.3 is 9.84 Å². The summed E-state index contributed by atoms with van der Waals surface area (Å²) in [5.74, 6) is 0. The molecule has 19 heavy (non-hydrogen) atoms. The van der Waals surface area contributed by atoms with Gasteiger partial charge in [0.15, 0.2) is 0 Å². The monoisotopic (exact) mass is 306 g/mol. The van der Waals surface area contributed by atoms with Crippen LogP contribution in [0.2, 0.25) is 5.15 Å². The molecule has 0 saturated carbocycles. The molecule has 8 heteroatoms. The predicted molar refractivity (Wildman–Crippen MR) is 69.4 cm³/mol. The Morgan fingerprint density at radius 1 is 1.58 bits per heavy atom. The highest BCUT2D eigenvalue weighted by molar-refractivity contribution is 7.89. The van der Waals surface area contributed by atoms with Crippen LogP contribution in [0.4, 0.5) is 0 Å². The molecule has 106 valence electrons. The summed E-state index contributed by atoms with van der Waals surface area (Å²) in [6.45, 7) is 1.93. The minimum Gasteiger partial charge on any atom is -0.394 e. The van der Waals surface area contributed by atoms with Gasteiger partial charge in [0.2, 0.25) is 10.0 Å². The molecule has 1 fully saturated rings. The third kappa shape index (κ3) is 3.06. The average molecular weight is 307 g/mol. The van der Waals surface area contributed by atoms with Gasteiger partial charge in [0.1, 0.15) is 10.0 Å². The first-order valence-corrected chi connectivity index (χ1v) is 7.63. The van der Waals surface area contributed by atoms with Gasteiger partial charge in [-0.1, -0.05) is 11.6 Å². The smallest absolute Gasteiger partial charge is 0.245 e. The molecule has 1 aromatic heterocycles. The van der Waals surface area contributed by atoms with E-state index in [0.29, 0.717) is 0 Å². The van der Waals surface area contributed by atoms with Crippen molar-refractivity contribution in [2.75, 3.05) is 19.8 Å². The molecule has 0 amide bonds. The summed E-state index contributed by atoms with van der Waals surface area (Å²) in [5.41, 5.74) is 0.